The molecule has 0 saturated carbocycles. The summed E-state index contributed by atoms with van der Waals surface area (Å²) in [6.45, 7) is 0.233. The van der Waals surface area contributed by atoms with Crippen LogP contribution in [0.4, 0.5) is 5.69 Å². The van der Waals surface area contributed by atoms with Crippen molar-refractivity contribution in [2.24, 2.45) is 5.14 Å². The molecule has 86 valence electrons. The van der Waals surface area contributed by atoms with E-state index in [9.17, 15) is 8.42 Å². The molecule has 0 fully saturated rings. The summed E-state index contributed by atoms with van der Waals surface area (Å²) in [5, 5.41) is 16.4. The molecule has 0 heterocycles. The number of sulfonamides is 1. The summed E-state index contributed by atoms with van der Waals surface area (Å²) in [6, 6.07) is 7.07. The molecule has 0 spiro atoms. The highest BCUT2D eigenvalue weighted by Crippen LogP contribution is 2.20. The van der Waals surface area contributed by atoms with Gasteiger partial charge in [-0.3, -0.25) is 0 Å². The number of nitriles is 1. The number of nitrogens with two attached hydrogens (primary N) is 1. The summed E-state index contributed by atoms with van der Waals surface area (Å²) in [5.41, 5.74) is 1.26. The Morgan fingerprint density at radius 1 is 1.50 bits per heavy atom. The van der Waals surface area contributed by atoms with Gasteiger partial charge in [0.15, 0.2) is 0 Å². The first kappa shape index (κ1) is 13.0. The van der Waals surface area contributed by atoms with Crippen LogP contribution in [-0.2, 0) is 10.0 Å². The van der Waals surface area contributed by atoms with Gasteiger partial charge in [-0.05, 0) is 34.1 Å². The Hall–Kier alpha value is -1.10. The highest BCUT2D eigenvalue weighted by Gasteiger charge is 2.03. The summed E-state index contributed by atoms with van der Waals surface area (Å²) in [5.74, 6) is -0.134. The molecular formula is C9H10BrN3O2S. The van der Waals surface area contributed by atoms with Crippen LogP contribution in [0.5, 0.6) is 0 Å². The van der Waals surface area contributed by atoms with Crippen LogP contribution in [0.15, 0.2) is 22.7 Å². The van der Waals surface area contributed by atoms with Gasteiger partial charge in [-0.25, -0.2) is 13.6 Å². The van der Waals surface area contributed by atoms with Crippen LogP contribution >= 0.6 is 15.9 Å². The summed E-state index contributed by atoms with van der Waals surface area (Å²) < 4.78 is 22.0. The number of primary sulfonamides is 1. The Morgan fingerprint density at radius 3 is 2.69 bits per heavy atom. The smallest absolute Gasteiger partial charge is 0.210 e. The highest BCUT2D eigenvalue weighted by molar-refractivity contribution is 9.10. The monoisotopic (exact) mass is 303 g/mol. The molecule has 0 aliphatic heterocycles. The van der Waals surface area contributed by atoms with Gasteiger partial charge in [-0.2, -0.15) is 5.26 Å². The van der Waals surface area contributed by atoms with Crippen LogP contribution in [0.1, 0.15) is 5.56 Å². The molecule has 0 radical (unpaired) electrons. The van der Waals surface area contributed by atoms with E-state index in [0.29, 0.717) is 10.0 Å². The molecule has 16 heavy (non-hydrogen) atoms. The fraction of sp³-hybridized carbons (Fsp3) is 0.222. The van der Waals surface area contributed by atoms with Gasteiger partial charge >= 0.3 is 0 Å². The number of nitrogens with zero attached hydrogens (tertiary/aromatic N) is 1. The normalized spacial score (nSPS) is 10.8. The second kappa shape index (κ2) is 5.30. The van der Waals surface area contributed by atoms with Crippen LogP contribution in [0.3, 0.4) is 0 Å². The number of benzene rings is 1. The number of hydrogen-bond donors (Lipinski definition) is 2. The molecule has 1 aromatic rings. The number of hydrogen-bond acceptors (Lipinski definition) is 4. The fourth-order valence-electron chi connectivity index (χ4n) is 1.05. The lowest BCUT2D eigenvalue weighted by Gasteiger charge is -2.06. The van der Waals surface area contributed by atoms with Crippen LogP contribution < -0.4 is 10.5 Å². The maximum Gasteiger partial charge on any atom is 0.210 e. The summed E-state index contributed by atoms with van der Waals surface area (Å²) in [7, 11) is -3.44. The Kier molecular flexibility index (Phi) is 4.29. The number of rotatable bonds is 4. The number of nitrogens with one attached hydrogen (secondary N) is 1. The molecule has 7 heteroatoms. The minimum Gasteiger partial charge on any atom is -0.384 e. The maximum absolute atomic E-state index is 10.7. The van der Waals surface area contributed by atoms with Crippen molar-refractivity contribution >= 4 is 31.6 Å². The zero-order valence-electron chi connectivity index (χ0n) is 8.27. The van der Waals surface area contributed by atoms with Crippen molar-refractivity contribution in [3.63, 3.8) is 0 Å². The van der Waals surface area contributed by atoms with Crippen molar-refractivity contribution in [1.82, 2.24) is 0 Å². The molecule has 0 aliphatic rings. The second-order valence-electron chi connectivity index (χ2n) is 3.10. The molecule has 0 amide bonds. The van der Waals surface area contributed by atoms with Gasteiger partial charge in [-0.15, -0.1) is 0 Å². The van der Waals surface area contributed by atoms with E-state index >= 15 is 0 Å². The third kappa shape index (κ3) is 4.18. The Labute approximate surface area is 102 Å². The molecule has 1 aromatic carbocycles. The van der Waals surface area contributed by atoms with Gasteiger partial charge in [-0.1, -0.05) is 0 Å². The van der Waals surface area contributed by atoms with E-state index in [4.69, 9.17) is 10.4 Å². The molecule has 1 rings (SSSR count). The summed E-state index contributed by atoms with van der Waals surface area (Å²) in [6.07, 6.45) is 0. The molecule has 0 saturated heterocycles. The minimum absolute atomic E-state index is 0.134. The maximum atomic E-state index is 10.7. The minimum atomic E-state index is -3.44. The molecule has 0 aromatic heterocycles. The molecule has 5 nitrogen and oxygen atoms in total. The first-order valence-corrected chi connectivity index (χ1v) is 6.87. The van der Waals surface area contributed by atoms with Gasteiger partial charge < -0.3 is 5.32 Å². The van der Waals surface area contributed by atoms with Crippen LogP contribution in [-0.4, -0.2) is 20.7 Å². The van der Waals surface area contributed by atoms with E-state index in [1.807, 2.05) is 6.07 Å². The lowest BCUT2D eigenvalue weighted by atomic mass is 10.2. The van der Waals surface area contributed by atoms with Gasteiger partial charge in [0, 0.05) is 16.7 Å². The summed E-state index contributed by atoms with van der Waals surface area (Å²) in [4.78, 5) is 0. The van der Waals surface area contributed by atoms with Crippen molar-refractivity contribution in [2.45, 2.75) is 0 Å². The fourth-order valence-corrected chi connectivity index (χ4v) is 1.91. The van der Waals surface area contributed by atoms with Gasteiger partial charge in [0.25, 0.3) is 0 Å². The van der Waals surface area contributed by atoms with Gasteiger partial charge in [0.1, 0.15) is 6.07 Å². The van der Waals surface area contributed by atoms with Gasteiger partial charge in [0.2, 0.25) is 10.0 Å². The quantitative estimate of drug-likeness (QED) is 0.868. The molecule has 0 atom stereocenters. The molecule has 0 unspecified atom stereocenters. The third-order valence-electron chi connectivity index (χ3n) is 1.81. The van der Waals surface area contributed by atoms with E-state index in [-0.39, 0.29) is 12.3 Å². The molecule has 3 N–H and O–H groups in total. The SMILES string of the molecule is N#Cc1ccc(NCCS(N)(=O)=O)cc1Br. The van der Waals surface area contributed by atoms with Crippen molar-refractivity contribution in [3.05, 3.63) is 28.2 Å². The first-order valence-electron chi connectivity index (χ1n) is 4.36. The van der Waals surface area contributed by atoms with Crippen molar-refractivity contribution in [2.75, 3.05) is 17.6 Å². The summed E-state index contributed by atoms with van der Waals surface area (Å²) >= 11 is 3.23. The average Bonchev–Trinajstić information content (AvgIpc) is 2.16. The lowest BCUT2D eigenvalue weighted by Crippen LogP contribution is -2.22. The van der Waals surface area contributed by atoms with Crippen LogP contribution in [0, 0.1) is 11.3 Å². The first-order chi connectivity index (χ1) is 7.42. The predicted octanol–water partition coefficient (Wildman–Crippen LogP) is 1.02. The van der Waals surface area contributed by atoms with Crippen molar-refractivity contribution < 1.29 is 8.42 Å². The van der Waals surface area contributed by atoms with E-state index in [2.05, 4.69) is 21.2 Å². The van der Waals surface area contributed by atoms with Crippen molar-refractivity contribution in [1.29, 1.82) is 5.26 Å². The highest BCUT2D eigenvalue weighted by atomic mass is 79.9. The zero-order chi connectivity index (χ0) is 12.2. The van der Waals surface area contributed by atoms with Gasteiger partial charge in [0.05, 0.1) is 11.3 Å². The lowest BCUT2D eigenvalue weighted by molar-refractivity contribution is 0.598. The largest absolute Gasteiger partial charge is 0.384 e. The molecule has 0 aliphatic carbocycles. The van der Waals surface area contributed by atoms with Crippen molar-refractivity contribution in [3.8, 4) is 6.07 Å². The van der Waals surface area contributed by atoms with Crippen LogP contribution in [0.2, 0.25) is 0 Å². The topological polar surface area (TPSA) is 96.0 Å². The third-order valence-corrected chi connectivity index (χ3v) is 3.23. The van der Waals surface area contributed by atoms with Crippen LogP contribution in [0.25, 0.3) is 0 Å². The van der Waals surface area contributed by atoms with E-state index < -0.39 is 10.0 Å². The second-order valence-corrected chi connectivity index (χ2v) is 5.69. The number of halogens is 1. The standard InChI is InChI=1S/C9H10BrN3O2S/c10-9-5-8(2-1-7(9)6-11)13-3-4-16(12,14)15/h1-2,5,13H,3-4H2,(H2,12,14,15). The number of anilines is 1. The molecular weight excluding hydrogens is 294 g/mol. The Bertz CT molecular complexity index is 522. The average molecular weight is 304 g/mol. The van der Waals surface area contributed by atoms with E-state index in [1.54, 1.807) is 18.2 Å². The molecule has 0 bridgehead atoms. The van der Waals surface area contributed by atoms with E-state index in [0.717, 1.165) is 5.69 Å². The predicted molar refractivity (Wildman–Crippen MR) is 65.3 cm³/mol. The Morgan fingerprint density at radius 2 is 2.19 bits per heavy atom. The Balaban J connectivity index is 2.63. The zero-order valence-corrected chi connectivity index (χ0v) is 10.7. The van der Waals surface area contributed by atoms with E-state index in [1.165, 1.54) is 0 Å².